The van der Waals surface area contributed by atoms with Crippen molar-refractivity contribution >= 4 is 0 Å². The lowest BCUT2D eigenvalue weighted by atomic mass is 10.2. The molecule has 0 N–H and O–H groups in total. The van der Waals surface area contributed by atoms with Crippen LogP contribution in [0.5, 0.6) is 0 Å². The van der Waals surface area contributed by atoms with E-state index in [2.05, 4.69) is 14.0 Å². The van der Waals surface area contributed by atoms with Crippen molar-refractivity contribution in [1.82, 2.24) is 0 Å². The maximum Gasteiger partial charge on any atom is 0.0784 e. The molecule has 1 rings (SSSR count). The highest BCUT2D eigenvalue weighted by atomic mass is 15.3. The Balaban J connectivity index is 2.38. The van der Waals surface area contributed by atoms with Gasteiger partial charge in [-0.25, -0.2) is 0 Å². The van der Waals surface area contributed by atoms with Crippen molar-refractivity contribution in [3.05, 3.63) is 0 Å². The molecule has 11 heavy (non-hydrogen) atoms. The van der Waals surface area contributed by atoms with Gasteiger partial charge in [-0.15, -0.1) is 0 Å². The first-order valence-corrected chi connectivity index (χ1v) is 5.10. The van der Waals surface area contributed by atoms with E-state index < -0.39 is 0 Å². The Morgan fingerprint density at radius 3 is 2.00 bits per heavy atom. The minimum atomic E-state index is 1.34. The zero-order valence-corrected chi connectivity index (χ0v) is 8.10. The van der Waals surface area contributed by atoms with E-state index in [0.29, 0.717) is 0 Å². The number of quaternary nitrogens is 1. The molecule has 0 aromatic rings. The van der Waals surface area contributed by atoms with Crippen LogP contribution in [0.3, 0.4) is 0 Å². The normalized spacial score (nSPS) is 24.5. The fourth-order valence-electron chi connectivity index (χ4n) is 2.22. The summed E-state index contributed by atoms with van der Waals surface area (Å²) in [5.41, 5.74) is 0. The Hall–Kier alpha value is -0.0400. The van der Waals surface area contributed by atoms with Crippen molar-refractivity contribution in [2.24, 2.45) is 0 Å². The Morgan fingerprint density at radius 2 is 1.55 bits per heavy atom. The Kier molecular flexibility index (Phi) is 3.38. The lowest BCUT2D eigenvalue weighted by Gasteiger charge is -2.32. The van der Waals surface area contributed by atoms with E-state index in [1.54, 1.807) is 0 Å². The van der Waals surface area contributed by atoms with Crippen LogP contribution in [0.2, 0.25) is 0 Å². The summed E-state index contributed by atoms with van der Waals surface area (Å²) in [6.07, 6.45) is 7.19. The minimum absolute atomic E-state index is 1.34. The lowest BCUT2D eigenvalue weighted by molar-refractivity contribution is -0.908. The molecule has 0 aromatic heterocycles. The molecular formula is C10H22N+. The third kappa shape index (κ3) is 2.82. The summed E-state index contributed by atoms with van der Waals surface area (Å²) in [6.45, 7) is 6.54. The van der Waals surface area contributed by atoms with Crippen molar-refractivity contribution < 1.29 is 4.48 Å². The summed E-state index contributed by atoms with van der Waals surface area (Å²) in [7, 11) is 2.43. The summed E-state index contributed by atoms with van der Waals surface area (Å²) in [4.78, 5) is 0. The van der Waals surface area contributed by atoms with Crippen LogP contribution in [-0.2, 0) is 0 Å². The van der Waals surface area contributed by atoms with Gasteiger partial charge in [0.05, 0.1) is 26.7 Å². The van der Waals surface area contributed by atoms with Gasteiger partial charge in [0.15, 0.2) is 0 Å². The Morgan fingerprint density at radius 1 is 1.00 bits per heavy atom. The molecule has 66 valence electrons. The van der Waals surface area contributed by atoms with Crippen molar-refractivity contribution in [2.75, 3.05) is 26.7 Å². The average Bonchev–Trinajstić information content (AvgIpc) is 2.15. The van der Waals surface area contributed by atoms with Crippen LogP contribution in [0, 0.1) is 0 Å². The van der Waals surface area contributed by atoms with Crippen molar-refractivity contribution in [2.45, 2.75) is 39.0 Å². The van der Waals surface area contributed by atoms with Crippen molar-refractivity contribution in [3.63, 3.8) is 0 Å². The molecule has 0 radical (unpaired) electrons. The van der Waals surface area contributed by atoms with E-state index in [9.17, 15) is 0 Å². The van der Waals surface area contributed by atoms with Gasteiger partial charge in [0.1, 0.15) is 0 Å². The van der Waals surface area contributed by atoms with Gasteiger partial charge in [-0.3, -0.25) is 0 Å². The predicted molar refractivity (Wildman–Crippen MR) is 49.5 cm³/mol. The van der Waals surface area contributed by atoms with E-state index in [1.807, 2.05) is 0 Å². The van der Waals surface area contributed by atoms with E-state index in [0.717, 1.165) is 0 Å². The Labute approximate surface area is 71.0 Å². The van der Waals surface area contributed by atoms with E-state index in [-0.39, 0.29) is 0 Å². The molecule has 0 saturated carbocycles. The molecule has 1 nitrogen and oxygen atoms in total. The second kappa shape index (κ2) is 4.10. The summed E-state index contributed by atoms with van der Waals surface area (Å²) in [5, 5.41) is 0. The third-order valence-corrected chi connectivity index (χ3v) is 2.91. The van der Waals surface area contributed by atoms with Crippen LogP contribution in [0.1, 0.15) is 39.0 Å². The van der Waals surface area contributed by atoms with Crippen LogP contribution in [0.4, 0.5) is 0 Å². The lowest BCUT2D eigenvalue weighted by Crippen LogP contribution is -2.45. The van der Waals surface area contributed by atoms with Gasteiger partial charge in [-0.2, -0.15) is 0 Å². The van der Waals surface area contributed by atoms with Gasteiger partial charge in [0, 0.05) is 0 Å². The first-order valence-electron chi connectivity index (χ1n) is 5.10. The maximum atomic E-state index is 2.43. The quantitative estimate of drug-likeness (QED) is 0.539. The highest BCUT2D eigenvalue weighted by Gasteiger charge is 2.21. The largest absolute Gasteiger partial charge is 0.326 e. The van der Waals surface area contributed by atoms with Crippen LogP contribution in [0.25, 0.3) is 0 Å². The second-order valence-corrected chi connectivity index (χ2v) is 4.20. The molecule has 0 aliphatic carbocycles. The van der Waals surface area contributed by atoms with Crippen LogP contribution in [-0.4, -0.2) is 31.2 Å². The average molecular weight is 156 g/mol. The highest BCUT2D eigenvalue weighted by molar-refractivity contribution is 4.50. The molecule has 1 heteroatoms. The molecule has 0 unspecified atom stereocenters. The second-order valence-electron chi connectivity index (χ2n) is 4.20. The number of nitrogens with zero attached hydrogens (tertiary/aromatic N) is 1. The van der Waals surface area contributed by atoms with Crippen molar-refractivity contribution in [3.8, 4) is 0 Å². The standard InChI is InChI=1S/C10H22N/c1-3-8-11(2)9-6-4-5-7-10-11/h3-10H2,1-2H3/q+1. The first kappa shape index (κ1) is 9.05. The summed E-state index contributed by atoms with van der Waals surface area (Å²) < 4.78 is 1.34. The highest BCUT2D eigenvalue weighted by Crippen LogP contribution is 2.16. The van der Waals surface area contributed by atoms with Gasteiger partial charge in [-0.05, 0) is 32.1 Å². The topological polar surface area (TPSA) is 0 Å². The SMILES string of the molecule is CCC[N+]1(C)CCCCCC1. The molecule has 0 atom stereocenters. The predicted octanol–water partition coefficient (Wildman–Crippen LogP) is 2.42. The van der Waals surface area contributed by atoms with Gasteiger partial charge in [0.2, 0.25) is 0 Å². The summed E-state index contributed by atoms with van der Waals surface area (Å²) >= 11 is 0. The number of rotatable bonds is 2. The minimum Gasteiger partial charge on any atom is -0.326 e. The monoisotopic (exact) mass is 156 g/mol. The molecule has 0 spiro atoms. The molecule has 0 bridgehead atoms. The number of hydrogen-bond donors (Lipinski definition) is 0. The van der Waals surface area contributed by atoms with Gasteiger partial charge < -0.3 is 4.48 Å². The fourth-order valence-corrected chi connectivity index (χ4v) is 2.22. The van der Waals surface area contributed by atoms with Gasteiger partial charge >= 0.3 is 0 Å². The molecule has 1 aliphatic rings. The molecule has 1 saturated heterocycles. The van der Waals surface area contributed by atoms with Crippen molar-refractivity contribution in [1.29, 1.82) is 0 Å². The third-order valence-electron chi connectivity index (χ3n) is 2.91. The zero-order chi connectivity index (χ0) is 8.16. The first-order chi connectivity index (χ1) is 5.27. The zero-order valence-electron chi connectivity index (χ0n) is 8.10. The van der Waals surface area contributed by atoms with E-state index >= 15 is 0 Å². The van der Waals surface area contributed by atoms with Crippen LogP contribution in [0.15, 0.2) is 0 Å². The molecule has 1 fully saturated rings. The molecule has 1 aliphatic heterocycles. The van der Waals surface area contributed by atoms with Crippen LogP contribution < -0.4 is 0 Å². The molecule has 0 amide bonds. The number of hydrogen-bond acceptors (Lipinski definition) is 0. The van der Waals surface area contributed by atoms with Crippen LogP contribution >= 0.6 is 0 Å². The molecular weight excluding hydrogens is 134 g/mol. The van der Waals surface area contributed by atoms with E-state index in [1.165, 1.54) is 56.2 Å². The fraction of sp³-hybridized carbons (Fsp3) is 1.00. The maximum absolute atomic E-state index is 2.43. The smallest absolute Gasteiger partial charge is 0.0784 e. The summed E-state index contributed by atoms with van der Waals surface area (Å²) in [5.74, 6) is 0. The van der Waals surface area contributed by atoms with E-state index in [4.69, 9.17) is 0 Å². The van der Waals surface area contributed by atoms with Gasteiger partial charge in [-0.1, -0.05) is 6.92 Å². The number of likely N-dealkylation sites (tertiary alicyclic amines) is 1. The Bertz CT molecular complexity index is 101. The summed E-state index contributed by atoms with van der Waals surface area (Å²) in [6, 6.07) is 0. The molecule has 1 heterocycles. The van der Waals surface area contributed by atoms with Gasteiger partial charge in [0.25, 0.3) is 0 Å². The molecule has 0 aromatic carbocycles.